The average Bonchev–Trinajstić information content (AvgIpc) is 2.43. The maximum Gasteiger partial charge on any atom is 0.141 e. The van der Waals surface area contributed by atoms with E-state index in [2.05, 4.69) is 31.9 Å². The number of hydrogen-bond acceptors (Lipinski definition) is 2. The Kier molecular flexibility index (Phi) is 4.83. The summed E-state index contributed by atoms with van der Waals surface area (Å²) >= 11 is 6.52. The highest BCUT2D eigenvalue weighted by Gasteiger charge is 2.19. The van der Waals surface area contributed by atoms with Gasteiger partial charge in [0.1, 0.15) is 17.7 Å². The van der Waals surface area contributed by atoms with Gasteiger partial charge in [-0.3, -0.25) is 0 Å². The molecule has 0 fully saturated rings. The van der Waals surface area contributed by atoms with Gasteiger partial charge < -0.3 is 9.84 Å². The first kappa shape index (κ1) is 15.5. The topological polar surface area (TPSA) is 29.5 Å². The van der Waals surface area contributed by atoms with Gasteiger partial charge in [0.2, 0.25) is 0 Å². The van der Waals surface area contributed by atoms with Crippen LogP contribution in [0.15, 0.2) is 39.3 Å². The molecule has 1 atom stereocenters. The van der Waals surface area contributed by atoms with E-state index < -0.39 is 11.9 Å². The van der Waals surface area contributed by atoms with E-state index in [1.54, 1.807) is 6.07 Å². The Morgan fingerprint density at radius 3 is 2.50 bits per heavy atom. The first-order valence-electron chi connectivity index (χ1n) is 5.91. The number of methoxy groups -OCH3 is 1. The summed E-state index contributed by atoms with van der Waals surface area (Å²) in [7, 11) is 1.45. The standard InChI is InChI=1S/C15H13Br2FO2/c1-8-3-4-9(16)5-10(8)15(19)11-6-12(17)13(18)7-14(11)20-2/h3-7,15,19H,1-2H3. The fourth-order valence-electron chi connectivity index (χ4n) is 2.01. The van der Waals surface area contributed by atoms with Crippen molar-refractivity contribution < 1.29 is 14.2 Å². The average molecular weight is 404 g/mol. The van der Waals surface area contributed by atoms with E-state index in [4.69, 9.17) is 4.74 Å². The minimum absolute atomic E-state index is 0.292. The van der Waals surface area contributed by atoms with E-state index in [-0.39, 0.29) is 0 Å². The molecule has 0 bridgehead atoms. The Bertz CT molecular complexity index is 644. The van der Waals surface area contributed by atoms with E-state index in [9.17, 15) is 9.50 Å². The zero-order valence-corrected chi connectivity index (χ0v) is 14.1. The summed E-state index contributed by atoms with van der Waals surface area (Å²) in [5.41, 5.74) is 2.21. The molecule has 5 heteroatoms. The molecule has 0 saturated heterocycles. The lowest BCUT2D eigenvalue weighted by Gasteiger charge is -2.18. The Hall–Kier alpha value is -0.910. The maximum absolute atomic E-state index is 13.5. The largest absolute Gasteiger partial charge is 0.496 e. The fourth-order valence-corrected chi connectivity index (χ4v) is 2.75. The second-order valence-corrected chi connectivity index (χ2v) is 6.18. The monoisotopic (exact) mass is 402 g/mol. The highest BCUT2D eigenvalue weighted by Crippen LogP contribution is 2.35. The molecule has 2 nitrogen and oxygen atoms in total. The third-order valence-corrected chi connectivity index (χ3v) is 4.20. The smallest absolute Gasteiger partial charge is 0.141 e. The van der Waals surface area contributed by atoms with Gasteiger partial charge in [0.05, 0.1) is 11.6 Å². The van der Waals surface area contributed by atoms with Crippen molar-refractivity contribution in [2.45, 2.75) is 13.0 Å². The van der Waals surface area contributed by atoms with Gasteiger partial charge in [-0.15, -0.1) is 0 Å². The molecule has 0 aromatic heterocycles. The molecule has 2 rings (SSSR count). The molecule has 0 radical (unpaired) electrons. The van der Waals surface area contributed by atoms with E-state index in [0.29, 0.717) is 15.8 Å². The van der Waals surface area contributed by atoms with Gasteiger partial charge in [-0.05, 0) is 52.2 Å². The van der Waals surface area contributed by atoms with Crippen LogP contribution in [-0.4, -0.2) is 12.2 Å². The van der Waals surface area contributed by atoms with Crippen LogP contribution in [0, 0.1) is 12.7 Å². The highest BCUT2D eigenvalue weighted by atomic mass is 79.9. The Morgan fingerprint density at radius 2 is 1.85 bits per heavy atom. The number of aryl methyl sites for hydroxylation is 1. The molecule has 0 aliphatic heterocycles. The minimum atomic E-state index is -0.889. The van der Waals surface area contributed by atoms with E-state index in [0.717, 1.165) is 15.6 Å². The molecule has 1 unspecified atom stereocenters. The third kappa shape index (κ3) is 3.05. The van der Waals surface area contributed by atoms with Crippen LogP contribution in [0.25, 0.3) is 0 Å². The number of ether oxygens (including phenoxy) is 1. The molecule has 0 aliphatic rings. The first-order valence-corrected chi connectivity index (χ1v) is 7.49. The van der Waals surface area contributed by atoms with Crippen molar-refractivity contribution in [3.8, 4) is 5.75 Å². The van der Waals surface area contributed by atoms with Crippen molar-refractivity contribution in [3.05, 3.63) is 61.8 Å². The lowest BCUT2D eigenvalue weighted by Crippen LogP contribution is -2.05. The van der Waals surface area contributed by atoms with Crippen LogP contribution in [0.4, 0.5) is 4.39 Å². The van der Waals surface area contributed by atoms with Crippen LogP contribution < -0.4 is 4.74 Å². The van der Waals surface area contributed by atoms with Crippen molar-refractivity contribution in [1.29, 1.82) is 0 Å². The molecule has 0 heterocycles. The number of halogens is 3. The lowest BCUT2D eigenvalue weighted by atomic mass is 9.97. The second-order valence-electron chi connectivity index (χ2n) is 4.41. The molecule has 106 valence electrons. The van der Waals surface area contributed by atoms with Gasteiger partial charge in [-0.2, -0.15) is 0 Å². The quantitative estimate of drug-likeness (QED) is 0.801. The number of aliphatic hydroxyl groups is 1. The van der Waals surface area contributed by atoms with Crippen LogP contribution in [0.5, 0.6) is 5.75 Å². The summed E-state index contributed by atoms with van der Waals surface area (Å²) in [6.45, 7) is 1.91. The van der Waals surface area contributed by atoms with Gasteiger partial charge in [-0.25, -0.2) is 4.39 Å². The van der Waals surface area contributed by atoms with Crippen LogP contribution in [0.1, 0.15) is 22.8 Å². The van der Waals surface area contributed by atoms with Crippen LogP contribution in [0.3, 0.4) is 0 Å². The zero-order chi connectivity index (χ0) is 14.9. The van der Waals surface area contributed by atoms with Crippen LogP contribution in [-0.2, 0) is 0 Å². The number of benzene rings is 2. The van der Waals surface area contributed by atoms with Gasteiger partial charge >= 0.3 is 0 Å². The van der Waals surface area contributed by atoms with Crippen LogP contribution >= 0.6 is 31.9 Å². The van der Waals surface area contributed by atoms with Gasteiger partial charge in [-0.1, -0.05) is 22.0 Å². The first-order chi connectivity index (χ1) is 9.43. The molecule has 1 N–H and O–H groups in total. The predicted molar refractivity (Wildman–Crippen MR) is 83.6 cm³/mol. The fraction of sp³-hybridized carbons (Fsp3) is 0.200. The predicted octanol–water partition coefficient (Wildman–Crippen LogP) is 4.75. The lowest BCUT2D eigenvalue weighted by molar-refractivity contribution is 0.213. The Morgan fingerprint density at radius 1 is 1.15 bits per heavy atom. The van der Waals surface area contributed by atoms with E-state index in [1.807, 2.05) is 25.1 Å². The number of aliphatic hydroxyl groups excluding tert-OH is 1. The molecule has 20 heavy (non-hydrogen) atoms. The van der Waals surface area contributed by atoms with E-state index in [1.165, 1.54) is 13.2 Å². The minimum Gasteiger partial charge on any atom is -0.496 e. The molecule has 2 aromatic carbocycles. The second kappa shape index (κ2) is 6.24. The summed E-state index contributed by atoms with van der Waals surface area (Å²) in [5, 5.41) is 10.6. The van der Waals surface area contributed by atoms with Crippen molar-refractivity contribution in [1.82, 2.24) is 0 Å². The molecular formula is C15H13Br2FO2. The van der Waals surface area contributed by atoms with Crippen LogP contribution in [0.2, 0.25) is 0 Å². The normalized spacial score (nSPS) is 12.3. The number of rotatable bonds is 3. The van der Waals surface area contributed by atoms with E-state index >= 15 is 0 Å². The summed E-state index contributed by atoms with van der Waals surface area (Å²) in [6, 6.07) is 8.46. The molecule has 0 saturated carbocycles. The SMILES string of the molecule is COc1cc(F)c(Br)cc1C(O)c1cc(Br)ccc1C. The van der Waals surface area contributed by atoms with Crippen molar-refractivity contribution in [2.75, 3.05) is 7.11 Å². The summed E-state index contributed by atoms with van der Waals surface area (Å²) in [4.78, 5) is 0. The van der Waals surface area contributed by atoms with Crippen molar-refractivity contribution in [2.24, 2.45) is 0 Å². The zero-order valence-electron chi connectivity index (χ0n) is 11.0. The summed E-state index contributed by atoms with van der Waals surface area (Å²) in [6.07, 6.45) is -0.889. The molecule has 0 spiro atoms. The molecule has 0 amide bonds. The van der Waals surface area contributed by atoms with Crippen molar-refractivity contribution in [3.63, 3.8) is 0 Å². The Balaban J connectivity index is 2.55. The van der Waals surface area contributed by atoms with Gasteiger partial charge in [0, 0.05) is 16.1 Å². The molecule has 2 aromatic rings. The van der Waals surface area contributed by atoms with Crippen molar-refractivity contribution >= 4 is 31.9 Å². The molecule has 0 aliphatic carbocycles. The van der Waals surface area contributed by atoms with Gasteiger partial charge in [0.25, 0.3) is 0 Å². The maximum atomic E-state index is 13.5. The number of hydrogen-bond donors (Lipinski definition) is 1. The van der Waals surface area contributed by atoms with Gasteiger partial charge in [0.15, 0.2) is 0 Å². The third-order valence-electron chi connectivity index (χ3n) is 3.10. The Labute approximate surface area is 133 Å². The molecular weight excluding hydrogens is 391 g/mol. The summed E-state index contributed by atoms with van der Waals surface area (Å²) in [5.74, 6) is -0.110. The highest BCUT2D eigenvalue weighted by molar-refractivity contribution is 9.10. The summed E-state index contributed by atoms with van der Waals surface area (Å²) < 4.78 is 19.9.